The normalized spacial score (nSPS) is 14.2. The van der Waals surface area contributed by atoms with Crippen molar-refractivity contribution in [3.8, 4) is 0 Å². The van der Waals surface area contributed by atoms with Crippen LogP contribution >= 0.6 is 11.3 Å². The Morgan fingerprint density at radius 3 is 2.37 bits per heavy atom. The van der Waals surface area contributed by atoms with Gasteiger partial charge in [0.25, 0.3) is 11.8 Å². The highest BCUT2D eigenvalue weighted by Gasteiger charge is 2.32. The number of azo groups is 1. The second-order valence-corrected chi connectivity index (χ2v) is 7.22. The van der Waals surface area contributed by atoms with Crippen LogP contribution in [0.15, 0.2) is 46.6 Å². The van der Waals surface area contributed by atoms with E-state index in [0.717, 1.165) is 11.4 Å². The van der Waals surface area contributed by atoms with E-state index < -0.39 is 17.8 Å². The summed E-state index contributed by atoms with van der Waals surface area (Å²) in [6, 6.07) is 11.1. The highest BCUT2D eigenvalue weighted by atomic mass is 32.1. The maximum absolute atomic E-state index is 11.9. The molecule has 0 spiro atoms. The van der Waals surface area contributed by atoms with E-state index >= 15 is 0 Å². The second-order valence-electron chi connectivity index (χ2n) is 6.07. The summed E-state index contributed by atoms with van der Waals surface area (Å²) >= 11 is 1.29. The van der Waals surface area contributed by atoms with Gasteiger partial charge in [-0.1, -0.05) is 0 Å². The van der Waals surface area contributed by atoms with E-state index in [9.17, 15) is 14.4 Å². The molecular weight excluding hydrogens is 368 g/mol. The number of imide groups is 1. The first kappa shape index (κ1) is 18.7. The molecule has 2 heterocycles. The zero-order valence-corrected chi connectivity index (χ0v) is 15.7. The maximum atomic E-state index is 11.9. The average molecular weight is 386 g/mol. The number of rotatable bonds is 6. The van der Waals surface area contributed by atoms with Crippen molar-refractivity contribution in [2.45, 2.75) is 19.3 Å². The fourth-order valence-electron chi connectivity index (χ4n) is 2.37. The number of carbonyl (C=O) groups excluding carboxylic acids is 3. The third-order valence-corrected chi connectivity index (χ3v) is 4.76. The van der Waals surface area contributed by atoms with Crippen LogP contribution in [0.4, 0.5) is 16.4 Å². The Bertz CT molecular complexity index is 873. The SMILES string of the molecule is CN(C)c1ccc(N=Nc2ccc(CC(=O)ON3C(=O)CCC3=O)s2)cc1. The molecule has 0 bridgehead atoms. The van der Waals surface area contributed by atoms with E-state index in [0.29, 0.717) is 14.9 Å². The van der Waals surface area contributed by atoms with Gasteiger partial charge in [0.05, 0.1) is 12.1 Å². The van der Waals surface area contributed by atoms with Crippen LogP contribution in [0, 0.1) is 0 Å². The van der Waals surface area contributed by atoms with Crippen LogP contribution < -0.4 is 4.90 Å². The molecule has 2 aromatic rings. The van der Waals surface area contributed by atoms with Crippen molar-refractivity contribution in [1.82, 2.24) is 5.06 Å². The minimum atomic E-state index is -0.664. The summed E-state index contributed by atoms with van der Waals surface area (Å²) in [6.07, 6.45) is 0.102. The van der Waals surface area contributed by atoms with Gasteiger partial charge in [-0.05, 0) is 36.4 Å². The molecule has 8 nitrogen and oxygen atoms in total. The van der Waals surface area contributed by atoms with E-state index in [2.05, 4.69) is 10.2 Å². The predicted octanol–water partition coefficient (Wildman–Crippen LogP) is 3.38. The standard InChI is InChI=1S/C18H18N4O4S/c1-21(2)13-5-3-12(4-6-13)19-20-15-8-7-14(27-15)11-18(25)26-22-16(23)9-10-17(22)24/h3-8H,9-11H2,1-2H3. The smallest absolute Gasteiger partial charge is 0.338 e. The first-order chi connectivity index (χ1) is 12.9. The quantitative estimate of drug-likeness (QED) is 0.561. The van der Waals surface area contributed by atoms with Gasteiger partial charge in [-0.15, -0.1) is 26.6 Å². The Kier molecular flexibility index (Phi) is 5.60. The summed E-state index contributed by atoms with van der Waals surface area (Å²) in [5.74, 6) is -1.65. The minimum Gasteiger partial charge on any atom is -0.378 e. The van der Waals surface area contributed by atoms with Crippen molar-refractivity contribution in [3.63, 3.8) is 0 Å². The summed E-state index contributed by atoms with van der Waals surface area (Å²) in [6.45, 7) is 0. The molecule has 1 aromatic heterocycles. The van der Waals surface area contributed by atoms with Gasteiger partial charge < -0.3 is 9.74 Å². The van der Waals surface area contributed by atoms with E-state index in [-0.39, 0.29) is 19.3 Å². The molecule has 1 saturated heterocycles. The highest BCUT2D eigenvalue weighted by molar-refractivity contribution is 7.15. The van der Waals surface area contributed by atoms with Gasteiger partial charge in [0.15, 0.2) is 0 Å². The van der Waals surface area contributed by atoms with Gasteiger partial charge in [-0.25, -0.2) is 4.79 Å². The molecule has 1 fully saturated rings. The van der Waals surface area contributed by atoms with Crippen molar-refractivity contribution in [1.29, 1.82) is 0 Å². The topological polar surface area (TPSA) is 91.6 Å². The largest absolute Gasteiger partial charge is 0.378 e. The van der Waals surface area contributed by atoms with Gasteiger partial charge >= 0.3 is 5.97 Å². The molecule has 9 heteroatoms. The Hall–Kier alpha value is -3.07. The number of amides is 2. The lowest BCUT2D eigenvalue weighted by molar-refractivity contribution is -0.196. The molecule has 1 aliphatic heterocycles. The van der Waals surface area contributed by atoms with Gasteiger partial charge in [-0.3, -0.25) is 9.59 Å². The molecular formula is C18H18N4O4S. The van der Waals surface area contributed by atoms with Crippen molar-refractivity contribution >= 4 is 45.5 Å². The number of benzene rings is 1. The van der Waals surface area contributed by atoms with Crippen LogP contribution in [0.3, 0.4) is 0 Å². The van der Waals surface area contributed by atoms with Gasteiger partial charge in [-0.2, -0.15) is 0 Å². The summed E-state index contributed by atoms with van der Waals surface area (Å²) in [5.41, 5.74) is 1.79. The van der Waals surface area contributed by atoms with Crippen LogP contribution in [0.25, 0.3) is 0 Å². The summed E-state index contributed by atoms with van der Waals surface area (Å²) in [4.78, 5) is 42.4. The summed E-state index contributed by atoms with van der Waals surface area (Å²) < 4.78 is 0. The fourth-order valence-corrected chi connectivity index (χ4v) is 3.19. The monoisotopic (exact) mass is 386 g/mol. The number of thiophene rings is 1. The lowest BCUT2D eigenvalue weighted by Crippen LogP contribution is -2.32. The zero-order valence-electron chi connectivity index (χ0n) is 14.9. The highest BCUT2D eigenvalue weighted by Crippen LogP contribution is 2.28. The molecule has 140 valence electrons. The molecule has 0 unspecified atom stereocenters. The third-order valence-electron chi connectivity index (χ3n) is 3.80. The molecule has 0 aliphatic carbocycles. The number of hydrogen-bond donors (Lipinski definition) is 0. The summed E-state index contributed by atoms with van der Waals surface area (Å²) in [5, 5.41) is 9.53. The number of hydrogen-bond acceptors (Lipinski definition) is 8. The van der Waals surface area contributed by atoms with Crippen molar-refractivity contribution in [2.24, 2.45) is 10.2 Å². The lowest BCUT2D eigenvalue weighted by Gasteiger charge is -2.11. The molecule has 0 atom stereocenters. The maximum Gasteiger partial charge on any atom is 0.338 e. The van der Waals surface area contributed by atoms with Crippen molar-refractivity contribution in [2.75, 3.05) is 19.0 Å². The number of anilines is 1. The molecule has 1 aromatic carbocycles. The van der Waals surface area contributed by atoms with Crippen LogP contribution in [-0.2, 0) is 25.6 Å². The van der Waals surface area contributed by atoms with Crippen LogP contribution in [-0.4, -0.2) is 36.9 Å². The molecule has 27 heavy (non-hydrogen) atoms. The first-order valence-corrected chi connectivity index (χ1v) is 9.08. The van der Waals surface area contributed by atoms with E-state index in [4.69, 9.17) is 4.84 Å². The van der Waals surface area contributed by atoms with E-state index in [1.165, 1.54) is 11.3 Å². The minimum absolute atomic E-state index is 0.0468. The number of carbonyl (C=O) groups is 3. The fraction of sp³-hybridized carbons (Fsp3) is 0.278. The summed E-state index contributed by atoms with van der Waals surface area (Å²) in [7, 11) is 3.93. The number of nitrogens with zero attached hydrogens (tertiary/aromatic N) is 4. The van der Waals surface area contributed by atoms with E-state index in [1.54, 1.807) is 12.1 Å². The van der Waals surface area contributed by atoms with Gasteiger partial charge in [0, 0.05) is 37.5 Å². The second kappa shape index (κ2) is 8.09. The average Bonchev–Trinajstić information content (AvgIpc) is 3.21. The van der Waals surface area contributed by atoms with Crippen molar-refractivity contribution < 1.29 is 19.2 Å². The van der Waals surface area contributed by atoms with Gasteiger partial charge in [0.2, 0.25) is 0 Å². The molecule has 0 saturated carbocycles. The first-order valence-electron chi connectivity index (χ1n) is 8.27. The molecule has 1 aliphatic rings. The van der Waals surface area contributed by atoms with Crippen LogP contribution in [0.2, 0.25) is 0 Å². The Morgan fingerprint density at radius 2 is 1.74 bits per heavy atom. The van der Waals surface area contributed by atoms with Crippen LogP contribution in [0.1, 0.15) is 17.7 Å². The lowest BCUT2D eigenvalue weighted by atomic mass is 10.3. The number of hydroxylamine groups is 2. The Labute approximate surface area is 160 Å². The Morgan fingerprint density at radius 1 is 1.07 bits per heavy atom. The van der Waals surface area contributed by atoms with Gasteiger partial charge in [0.1, 0.15) is 5.00 Å². The molecule has 0 N–H and O–H groups in total. The van der Waals surface area contributed by atoms with Crippen LogP contribution in [0.5, 0.6) is 0 Å². The Balaban J connectivity index is 1.57. The molecule has 3 rings (SSSR count). The van der Waals surface area contributed by atoms with E-state index in [1.807, 2.05) is 43.3 Å². The third kappa shape index (κ3) is 4.76. The predicted molar refractivity (Wildman–Crippen MR) is 100 cm³/mol. The molecule has 2 amide bonds. The zero-order chi connectivity index (χ0) is 19.4. The molecule has 0 radical (unpaired) electrons. The van der Waals surface area contributed by atoms with Crippen molar-refractivity contribution in [3.05, 3.63) is 41.3 Å².